The molecule has 2 N–H and O–H groups in total. The van der Waals surface area contributed by atoms with Gasteiger partial charge in [-0.2, -0.15) is 0 Å². The Balaban J connectivity index is 1.36. The van der Waals surface area contributed by atoms with Gasteiger partial charge in [-0.25, -0.2) is 4.98 Å². The molecule has 0 saturated heterocycles. The molecular formula is C25H25N3O3. The summed E-state index contributed by atoms with van der Waals surface area (Å²) in [7, 11) is 0. The van der Waals surface area contributed by atoms with Gasteiger partial charge in [-0.15, -0.1) is 0 Å². The van der Waals surface area contributed by atoms with Crippen LogP contribution < -0.4 is 15.4 Å². The number of aryl methyl sites for hydroxylation is 1. The maximum atomic E-state index is 12.5. The van der Waals surface area contributed by atoms with E-state index in [2.05, 4.69) is 22.5 Å². The molecule has 3 unspecified atom stereocenters. The number of carbonyl (C=O) groups excluding carboxylic acids is 2. The number of nitrogens with zero attached hydrogens (tertiary/aromatic N) is 1. The van der Waals surface area contributed by atoms with Crippen molar-refractivity contribution >= 4 is 17.5 Å². The number of benzene rings is 2. The molecular weight excluding hydrogens is 390 g/mol. The summed E-state index contributed by atoms with van der Waals surface area (Å²) in [6, 6.07) is 20.5. The van der Waals surface area contributed by atoms with E-state index >= 15 is 0 Å². The summed E-state index contributed by atoms with van der Waals surface area (Å²) in [6.07, 6.45) is 2.50. The van der Waals surface area contributed by atoms with Crippen LogP contribution in [0.15, 0.2) is 72.9 Å². The Kier molecular flexibility index (Phi) is 5.98. The van der Waals surface area contributed by atoms with Gasteiger partial charge in [0.15, 0.2) is 0 Å². The maximum Gasteiger partial charge on any atom is 0.313 e. The number of nitrogens with one attached hydrogen (secondary N) is 2. The molecule has 1 saturated carbocycles. The first-order valence-electron chi connectivity index (χ1n) is 10.4. The molecule has 158 valence electrons. The second kappa shape index (κ2) is 9.00. The predicted octanol–water partition coefficient (Wildman–Crippen LogP) is 4.63. The standard InChI is InChI=1S/C25H25N3O3/c1-16-8-11-20(12-9-16)31-22-13-10-19(15-26-22)27-24(29)25(30)28-23(21-14-17(21)2)18-6-4-3-5-7-18/h3-13,15,17,21,23H,14H2,1-2H3,(H,27,29)(H,28,30). The highest BCUT2D eigenvalue weighted by atomic mass is 16.5. The van der Waals surface area contributed by atoms with Crippen LogP contribution in [0, 0.1) is 18.8 Å². The van der Waals surface area contributed by atoms with Gasteiger partial charge in [-0.05, 0) is 48.9 Å². The molecule has 3 aromatic rings. The lowest BCUT2D eigenvalue weighted by atomic mass is 10.0. The number of carbonyl (C=O) groups is 2. The van der Waals surface area contributed by atoms with Crippen LogP contribution in [-0.2, 0) is 9.59 Å². The first-order chi connectivity index (χ1) is 15.0. The first-order valence-corrected chi connectivity index (χ1v) is 10.4. The van der Waals surface area contributed by atoms with E-state index in [0.29, 0.717) is 29.2 Å². The molecule has 6 nitrogen and oxygen atoms in total. The van der Waals surface area contributed by atoms with Crippen molar-refractivity contribution in [3.8, 4) is 11.6 Å². The number of hydrogen-bond acceptors (Lipinski definition) is 4. The third-order valence-corrected chi connectivity index (χ3v) is 5.49. The number of ether oxygens (including phenoxy) is 1. The van der Waals surface area contributed by atoms with Crippen LogP contribution in [0.2, 0.25) is 0 Å². The van der Waals surface area contributed by atoms with E-state index in [1.54, 1.807) is 12.1 Å². The second-order valence-electron chi connectivity index (χ2n) is 7.99. The molecule has 31 heavy (non-hydrogen) atoms. The summed E-state index contributed by atoms with van der Waals surface area (Å²) in [5.74, 6) is 0.572. The van der Waals surface area contributed by atoms with Gasteiger partial charge < -0.3 is 15.4 Å². The van der Waals surface area contributed by atoms with E-state index in [1.807, 2.05) is 61.5 Å². The van der Waals surface area contributed by atoms with Gasteiger partial charge in [-0.3, -0.25) is 9.59 Å². The van der Waals surface area contributed by atoms with Crippen LogP contribution in [0.3, 0.4) is 0 Å². The minimum absolute atomic E-state index is 0.169. The van der Waals surface area contributed by atoms with Crippen LogP contribution in [0.25, 0.3) is 0 Å². The summed E-state index contributed by atoms with van der Waals surface area (Å²) >= 11 is 0. The first kappa shape index (κ1) is 20.6. The molecule has 2 aromatic carbocycles. The zero-order valence-electron chi connectivity index (χ0n) is 17.5. The Morgan fingerprint density at radius 3 is 2.32 bits per heavy atom. The fraction of sp³-hybridized carbons (Fsp3) is 0.240. The summed E-state index contributed by atoms with van der Waals surface area (Å²) in [5, 5.41) is 5.50. The molecule has 1 aliphatic rings. The van der Waals surface area contributed by atoms with Crippen molar-refractivity contribution in [3.63, 3.8) is 0 Å². The van der Waals surface area contributed by atoms with Crippen LogP contribution >= 0.6 is 0 Å². The molecule has 4 rings (SSSR count). The Hall–Kier alpha value is -3.67. The summed E-state index contributed by atoms with van der Waals surface area (Å²) in [5.41, 5.74) is 2.58. The third kappa shape index (κ3) is 5.28. The van der Waals surface area contributed by atoms with E-state index in [9.17, 15) is 9.59 Å². The highest BCUT2D eigenvalue weighted by Crippen LogP contribution is 2.46. The molecule has 1 aromatic heterocycles. The number of aromatic nitrogens is 1. The second-order valence-corrected chi connectivity index (χ2v) is 7.99. The molecule has 0 bridgehead atoms. The smallest absolute Gasteiger partial charge is 0.313 e. The van der Waals surface area contributed by atoms with Crippen LogP contribution in [0.1, 0.15) is 30.5 Å². The lowest BCUT2D eigenvalue weighted by Gasteiger charge is -2.19. The zero-order chi connectivity index (χ0) is 21.8. The maximum absolute atomic E-state index is 12.5. The zero-order valence-corrected chi connectivity index (χ0v) is 17.5. The Labute approximate surface area is 181 Å². The number of amides is 2. The average Bonchev–Trinajstić information content (AvgIpc) is 3.51. The highest BCUT2D eigenvalue weighted by Gasteiger charge is 2.41. The van der Waals surface area contributed by atoms with Crippen molar-refractivity contribution in [2.75, 3.05) is 5.32 Å². The molecule has 3 atom stereocenters. The molecule has 2 amide bonds. The third-order valence-electron chi connectivity index (χ3n) is 5.49. The quantitative estimate of drug-likeness (QED) is 0.575. The minimum Gasteiger partial charge on any atom is -0.439 e. The molecule has 6 heteroatoms. The molecule has 1 fully saturated rings. The van der Waals surface area contributed by atoms with Crippen molar-refractivity contribution in [1.29, 1.82) is 0 Å². The van der Waals surface area contributed by atoms with Gasteiger partial charge >= 0.3 is 11.8 Å². The van der Waals surface area contributed by atoms with Gasteiger partial charge in [0.05, 0.1) is 17.9 Å². The average molecular weight is 415 g/mol. The molecule has 1 aliphatic carbocycles. The van der Waals surface area contributed by atoms with Crippen molar-refractivity contribution in [2.24, 2.45) is 11.8 Å². The van der Waals surface area contributed by atoms with Gasteiger partial charge in [0.1, 0.15) is 5.75 Å². The van der Waals surface area contributed by atoms with Crippen LogP contribution in [0.5, 0.6) is 11.6 Å². The molecule has 1 heterocycles. The van der Waals surface area contributed by atoms with Gasteiger partial charge in [0, 0.05) is 6.07 Å². The Morgan fingerprint density at radius 2 is 1.71 bits per heavy atom. The Bertz CT molecular complexity index is 1050. The molecule has 0 spiro atoms. The number of pyridine rings is 1. The van der Waals surface area contributed by atoms with Crippen molar-refractivity contribution < 1.29 is 14.3 Å². The number of hydrogen-bond donors (Lipinski definition) is 2. The number of anilines is 1. The topological polar surface area (TPSA) is 80.3 Å². The monoisotopic (exact) mass is 415 g/mol. The van der Waals surface area contributed by atoms with Crippen LogP contribution in [-0.4, -0.2) is 16.8 Å². The molecule has 0 radical (unpaired) electrons. The lowest BCUT2D eigenvalue weighted by molar-refractivity contribution is -0.136. The summed E-state index contributed by atoms with van der Waals surface area (Å²) < 4.78 is 5.68. The predicted molar refractivity (Wildman–Crippen MR) is 119 cm³/mol. The van der Waals surface area contributed by atoms with Crippen LogP contribution in [0.4, 0.5) is 5.69 Å². The van der Waals surface area contributed by atoms with Gasteiger partial charge in [0.2, 0.25) is 5.88 Å². The SMILES string of the molecule is Cc1ccc(Oc2ccc(NC(=O)C(=O)NC(c3ccccc3)C3CC3C)cn2)cc1. The Morgan fingerprint density at radius 1 is 1.00 bits per heavy atom. The van der Waals surface area contributed by atoms with E-state index < -0.39 is 11.8 Å². The van der Waals surface area contributed by atoms with Crippen molar-refractivity contribution in [2.45, 2.75) is 26.3 Å². The highest BCUT2D eigenvalue weighted by molar-refractivity contribution is 6.39. The van der Waals surface area contributed by atoms with E-state index in [-0.39, 0.29) is 6.04 Å². The van der Waals surface area contributed by atoms with E-state index in [1.165, 1.54) is 6.20 Å². The normalized spacial score (nSPS) is 18.0. The van der Waals surface area contributed by atoms with Crippen molar-refractivity contribution in [1.82, 2.24) is 10.3 Å². The minimum atomic E-state index is -0.719. The summed E-state index contributed by atoms with van der Waals surface area (Å²) in [6.45, 7) is 4.15. The summed E-state index contributed by atoms with van der Waals surface area (Å²) in [4.78, 5) is 29.2. The molecule has 0 aliphatic heterocycles. The van der Waals surface area contributed by atoms with Gasteiger partial charge in [-0.1, -0.05) is 55.0 Å². The van der Waals surface area contributed by atoms with E-state index in [0.717, 1.165) is 17.5 Å². The number of rotatable bonds is 6. The fourth-order valence-corrected chi connectivity index (χ4v) is 3.55. The fourth-order valence-electron chi connectivity index (χ4n) is 3.55. The van der Waals surface area contributed by atoms with Crippen molar-refractivity contribution in [3.05, 3.63) is 84.1 Å². The largest absolute Gasteiger partial charge is 0.439 e. The van der Waals surface area contributed by atoms with Gasteiger partial charge in [0.25, 0.3) is 0 Å². The lowest BCUT2D eigenvalue weighted by Crippen LogP contribution is -2.38. The van der Waals surface area contributed by atoms with E-state index in [4.69, 9.17) is 4.74 Å².